The molecule has 0 aliphatic carbocycles. The summed E-state index contributed by atoms with van der Waals surface area (Å²) in [4.78, 5) is 22.5. The lowest BCUT2D eigenvalue weighted by Crippen LogP contribution is -2.15. The van der Waals surface area contributed by atoms with Crippen molar-refractivity contribution in [1.29, 1.82) is 0 Å². The molecule has 0 aromatic heterocycles. The lowest BCUT2D eigenvalue weighted by molar-refractivity contribution is -0.137. The van der Waals surface area contributed by atoms with Crippen molar-refractivity contribution in [2.45, 2.75) is 20.0 Å². The molecule has 0 bridgehead atoms. The van der Waals surface area contributed by atoms with Crippen LogP contribution in [0.15, 0.2) is 18.2 Å². The van der Waals surface area contributed by atoms with Gasteiger partial charge in [0.2, 0.25) is 5.91 Å². The first-order valence-corrected chi connectivity index (χ1v) is 5.41. The highest BCUT2D eigenvalue weighted by atomic mass is 19.4. The Morgan fingerprint density at radius 2 is 1.95 bits per heavy atom. The van der Waals surface area contributed by atoms with Crippen LogP contribution in [0.5, 0.6) is 0 Å². The van der Waals surface area contributed by atoms with Gasteiger partial charge in [-0.2, -0.15) is 13.2 Å². The Balaban J connectivity index is 3.24. The highest BCUT2D eigenvalue weighted by Gasteiger charge is 2.31. The number of rotatable bonds is 3. The molecule has 1 aromatic carbocycles. The number of carbonyl (C=O) groups is 2. The third-order valence-corrected chi connectivity index (χ3v) is 2.15. The Morgan fingerprint density at radius 1 is 1.32 bits per heavy atom. The number of benzene rings is 1. The van der Waals surface area contributed by atoms with Crippen LogP contribution >= 0.6 is 0 Å². The number of nitrogens with one attached hydrogen (secondary N) is 1. The minimum Gasteiger partial charge on any atom is -0.462 e. The van der Waals surface area contributed by atoms with Gasteiger partial charge in [0.05, 0.1) is 23.4 Å². The average Bonchev–Trinajstić information content (AvgIpc) is 2.27. The van der Waals surface area contributed by atoms with Gasteiger partial charge in [-0.1, -0.05) is 0 Å². The lowest BCUT2D eigenvalue weighted by Gasteiger charge is -2.13. The number of esters is 1. The van der Waals surface area contributed by atoms with Gasteiger partial charge < -0.3 is 10.1 Å². The Kier molecular flexibility index (Phi) is 4.52. The van der Waals surface area contributed by atoms with Gasteiger partial charge in [-0.15, -0.1) is 0 Å². The van der Waals surface area contributed by atoms with Gasteiger partial charge in [-0.05, 0) is 25.1 Å². The van der Waals surface area contributed by atoms with Crippen LogP contribution in [0, 0.1) is 0 Å². The van der Waals surface area contributed by atoms with Crippen LogP contribution in [-0.4, -0.2) is 18.5 Å². The molecule has 19 heavy (non-hydrogen) atoms. The van der Waals surface area contributed by atoms with E-state index >= 15 is 0 Å². The number of hydrogen-bond donors (Lipinski definition) is 1. The third-order valence-electron chi connectivity index (χ3n) is 2.15. The molecule has 1 aromatic rings. The highest BCUT2D eigenvalue weighted by molar-refractivity contribution is 6.00. The first-order chi connectivity index (χ1) is 8.75. The first-order valence-electron chi connectivity index (χ1n) is 5.41. The molecule has 0 unspecified atom stereocenters. The number of carbonyl (C=O) groups excluding carboxylic acids is 2. The fourth-order valence-corrected chi connectivity index (χ4v) is 1.40. The standard InChI is InChI=1S/C12H12F3NO3/c1-3-19-11(18)9-5-4-8(12(13,14)15)6-10(9)16-7(2)17/h4-6H,3H2,1-2H3,(H,16,17). The van der Waals surface area contributed by atoms with E-state index < -0.39 is 23.6 Å². The zero-order valence-corrected chi connectivity index (χ0v) is 10.3. The molecule has 0 fully saturated rings. The number of amides is 1. The zero-order chi connectivity index (χ0) is 14.6. The summed E-state index contributed by atoms with van der Waals surface area (Å²) in [6.07, 6.45) is -4.56. The maximum absolute atomic E-state index is 12.6. The Morgan fingerprint density at radius 3 is 2.42 bits per heavy atom. The van der Waals surface area contributed by atoms with Crippen molar-refractivity contribution < 1.29 is 27.5 Å². The van der Waals surface area contributed by atoms with Crippen LogP contribution in [0.2, 0.25) is 0 Å². The molecule has 0 aliphatic heterocycles. The van der Waals surface area contributed by atoms with E-state index in [0.717, 1.165) is 19.1 Å². The maximum Gasteiger partial charge on any atom is 0.416 e. The molecule has 0 saturated carbocycles. The molecule has 1 amide bonds. The fourth-order valence-electron chi connectivity index (χ4n) is 1.40. The van der Waals surface area contributed by atoms with Crippen molar-refractivity contribution in [3.63, 3.8) is 0 Å². The Labute approximate surface area is 107 Å². The van der Waals surface area contributed by atoms with Crippen molar-refractivity contribution in [3.05, 3.63) is 29.3 Å². The summed E-state index contributed by atoms with van der Waals surface area (Å²) >= 11 is 0. The van der Waals surface area contributed by atoms with Gasteiger partial charge in [0.25, 0.3) is 0 Å². The number of halogens is 3. The predicted molar refractivity (Wildman–Crippen MR) is 61.7 cm³/mol. The highest BCUT2D eigenvalue weighted by Crippen LogP contribution is 2.32. The second-order valence-corrected chi connectivity index (χ2v) is 3.66. The quantitative estimate of drug-likeness (QED) is 0.863. The van der Waals surface area contributed by atoms with Gasteiger partial charge in [0.15, 0.2) is 0 Å². The molecule has 0 radical (unpaired) electrons. The monoisotopic (exact) mass is 275 g/mol. The predicted octanol–water partition coefficient (Wildman–Crippen LogP) is 2.84. The molecule has 0 aliphatic rings. The molecule has 104 valence electrons. The minimum atomic E-state index is -4.56. The van der Waals surface area contributed by atoms with Crippen LogP contribution in [0.3, 0.4) is 0 Å². The van der Waals surface area contributed by atoms with E-state index in [-0.39, 0.29) is 17.9 Å². The van der Waals surface area contributed by atoms with Crippen LogP contribution in [0.25, 0.3) is 0 Å². The van der Waals surface area contributed by atoms with E-state index in [1.165, 1.54) is 0 Å². The Hall–Kier alpha value is -2.05. The maximum atomic E-state index is 12.6. The molecule has 0 spiro atoms. The van der Waals surface area contributed by atoms with E-state index in [1.807, 2.05) is 0 Å². The van der Waals surface area contributed by atoms with Crippen molar-refractivity contribution in [1.82, 2.24) is 0 Å². The van der Waals surface area contributed by atoms with E-state index in [0.29, 0.717) is 6.07 Å². The van der Waals surface area contributed by atoms with Gasteiger partial charge in [-0.3, -0.25) is 4.79 Å². The molecule has 4 nitrogen and oxygen atoms in total. The average molecular weight is 275 g/mol. The van der Waals surface area contributed by atoms with E-state index in [2.05, 4.69) is 5.32 Å². The number of alkyl halides is 3. The van der Waals surface area contributed by atoms with E-state index in [1.54, 1.807) is 6.92 Å². The third kappa shape index (κ3) is 3.97. The zero-order valence-electron chi connectivity index (χ0n) is 10.3. The normalized spacial score (nSPS) is 11.0. The SMILES string of the molecule is CCOC(=O)c1ccc(C(F)(F)F)cc1NC(C)=O. The fraction of sp³-hybridized carbons (Fsp3) is 0.333. The van der Waals surface area contributed by atoms with Crippen LogP contribution in [-0.2, 0) is 15.7 Å². The van der Waals surface area contributed by atoms with Crippen LogP contribution < -0.4 is 5.32 Å². The van der Waals surface area contributed by atoms with Crippen molar-refractivity contribution >= 4 is 17.6 Å². The smallest absolute Gasteiger partial charge is 0.416 e. The van der Waals surface area contributed by atoms with Gasteiger partial charge in [0, 0.05) is 6.92 Å². The summed E-state index contributed by atoms with van der Waals surface area (Å²) in [5.41, 5.74) is -1.30. The largest absolute Gasteiger partial charge is 0.462 e. The van der Waals surface area contributed by atoms with Crippen molar-refractivity contribution in [2.75, 3.05) is 11.9 Å². The summed E-state index contributed by atoms with van der Waals surface area (Å²) < 4.78 is 42.4. The summed E-state index contributed by atoms with van der Waals surface area (Å²) in [6.45, 7) is 2.79. The number of hydrogen-bond acceptors (Lipinski definition) is 3. The molecule has 7 heteroatoms. The summed E-state index contributed by atoms with van der Waals surface area (Å²) in [7, 11) is 0. The molecule has 1 N–H and O–H groups in total. The molecular formula is C12H12F3NO3. The lowest BCUT2D eigenvalue weighted by atomic mass is 10.1. The molecule has 0 saturated heterocycles. The van der Waals surface area contributed by atoms with Gasteiger partial charge >= 0.3 is 12.1 Å². The second kappa shape index (κ2) is 5.73. The minimum absolute atomic E-state index is 0.0827. The van der Waals surface area contributed by atoms with Crippen LogP contribution in [0.1, 0.15) is 29.8 Å². The second-order valence-electron chi connectivity index (χ2n) is 3.66. The van der Waals surface area contributed by atoms with Gasteiger partial charge in [0.1, 0.15) is 0 Å². The van der Waals surface area contributed by atoms with E-state index in [4.69, 9.17) is 4.74 Å². The van der Waals surface area contributed by atoms with Crippen molar-refractivity contribution in [2.24, 2.45) is 0 Å². The number of ether oxygens (including phenoxy) is 1. The summed E-state index contributed by atoms with van der Waals surface area (Å²) in [6, 6.07) is 2.44. The number of anilines is 1. The summed E-state index contributed by atoms with van der Waals surface area (Å²) in [5, 5.41) is 2.19. The molecular weight excluding hydrogens is 263 g/mol. The van der Waals surface area contributed by atoms with Crippen LogP contribution in [0.4, 0.5) is 18.9 Å². The topological polar surface area (TPSA) is 55.4 Å². The Bertz CT molecular complexity index is 497. The van der Waals surface area contributed by atoms with E-state index in [9.17, 15) is 22.8 Å². The van der Waals surface area contributed by atoms with Crippen molar-refractivity contribution in [3.8, 4) is 0 Å². The first kappa shape index (κ1) is 15.0. The van der Waals surface area contributed by atoms with Gasteiger partial charge in [-0.25, -0.2) is 4.79 Å². The molecule has 0 atom stereocenters. The molecule has 1 rings (SSSR count). The summed E-state index contributed by atoms with van der Waals surface area (Å²) in [5.74, 6) is -1.37. The molecule has 0 heterocycles.